The monoisotopic (exact) mass is 382 g/mol. The van der Waals surface area contributed by atoms with E-state index in [0.717, 1.165) is 52.5 Å². The van der Waals surface area contributed by atoms with Gasteiger partial charge in [-0.1, -0.05) is 12.1 Å². The van der Waals surface area contributed by atoms with Gasteiger partial charge in [0.2, 0.25) is 11.9 Å². The van der Waals surface area contributed by atoms with E-state index in [1.165, 1.54) is 0 Å². The van der Waals surface area contributed by atoms with Gasteiger partial charge in [-0.3, -0.25) is 15.0 Å². The Balaban J connectivity index is 1.48. The summed E-state index contributed by atoms with van der Waals surface area (Å²) in [4.78, 5) is 31.0. The molecule has 0 bridgehead atoms. The molecule has 0 spiro atoms. The Kier molecular flexibility index (Phi) is 5.11. The Morgan fingerprint density at radius 1 is 1.19 bits per heavy atom. The lowest BCUT2D eigenvalue weighted by molar-refractivity contribution is -0.117. The average molecular weight is 382 g/mol. The van der Waals surface area contributed by atoms with Gasteiger partial charge in [0.25, 0.3) is 0 Å². The molecule has 7 nitrogen and oxygen atoms in total. The van der Waals surface area contributed by atoms with Crippen molar-refractivity contribution >= 4 is 34.1 Å². The summed E-state index contributed by atoms with van der Waals surface area (Å²) in [6, 6.07) is 6.06. The first-order valence-electron chi connectivity index (χ1n) is 8.97. The van der Waals surface area contributed by atoms with Gasteiger partial charge < -0.3 is 4.90 Å². The molecule has 0 aliphatic carbocycles. The number of piperazine rings is 1. The van der Waals surface area contributed by atoms with Crippen LogP contribution in [0.15, 0.2) is 30.6 Å². The standard InChI is InChI=1S/C19H22N6OS/c1-13-20-11-17(27-13)14-3-4-15-10-21-19(22-16(15)9-14)23-18(26)12-25-7-5-24(2)6-8-25/h3-4,9-11H,5-8,12H2,1-2H3,(H,21,22,23,26). The lowest BCUT2D eigenvalue weighted by Crippen LogP contribution is -2.47. The zero-order chi connectivity index (χ0) is 18.8. The molecule has 0 atom stereocenters. The molecule has 140 valence electrons. The number of thiazole rings is 1. The molecule has 1 aliphatic heterocycles. The molecule has 1 saturated heterocycles. The molecule has 0 radical (unpaired) electrons. The van der Waals surface area contributed by atoms with Crippen LogP contribution in [-0.4, -0.2) is 70.4 Å². The van der Waals surface area contributed by atoms with Gasteiger partial charge >= 0.3 is 0 Å². The summed E-state index contributed by atoms with van der Waals surface area (Å²) in [6.07, 6.45) is 3.62. The van der Waals surface area contributed by atoms with Crippen LogP contribution in [0.4, 0.5) is 5.95 Å². The number of nitrogens with zero attached hydrogens (tertiary/aromatic N) is 5. The summed E-state index contributed by atoms with van der Waals surface area (Å²) in [5, 5.41) is 4.80. The second kappa shape index (κ2) is 7.67. The van der Waals surface area contributed by atoms with Crippen molar-refractivity contribution in [2.45, 2.75) is 6.92 Å². The summed E-state index contributed by atoms with van der Waals surface area (Å²) in [5.41, 5.74) is 1.88. The lowest BCUT2D eigenvalue weighted by Gasteiger charge is -2.31. The molecule has 0 unspecified atom stereocenters. The van der Waals surface area contributed by atoms with Crippen molar-refractivity contribution < 1.29 is 4.79 Å². The van der Waals surface area contributed by atoms with E-state index < -0.39 is 0 Å². The van der Waals surface area contributed by atoms with Crippen LogP contribution in [0.3, 0.4) is 0 Å². The number of anilines is 1. The third kappa shape index (κ3) is 4.29. The third-order valence-electron chi connectivity index (χ3n) is 4.70. The number of hydrogen-bond acceptors (Lipinski definition) is 7. The van der Waals surface area contributed by atoms with E-state index in [9.17, 15) is 4.79 Å². The van der Waals surface area contributed by atoms with Crippen molar-refractivity contribution in [2.24, 2.45) is 0 Å². The molecule has 2 aromatic heterocycles. The van der Waals surface area contributed by atoms with Crippen molar-refractivity contribution in [3.63, 3.8) is 0 Å². The first-order chi connectivity index (χ1) is 13.1. The normalized spacial score (nSPS) is 15.9. The molecule has 4 rings (SSSR count). The van der Waals surface area contributed by atoms with Crippen LogP contribution in [0.2, 0.25) is 0 Å². The first-order valence-corrected chi connectivity index (χ1v) is 9.79. The maximum Gasteiger partial charge on any atom is 0.240 e. The number of benzene rings is 1. The number of likely N-dealkylation sites (N-methyl/N-ethyl adjacent to an activating group) is 1. The van der Waals surface area contributed by atoms with Crippen LogP contribution < -0.4 is 5.32 Å². The Hall–Kier alpha value is -2.42. The number of aryl methyl sites for hydroxylation is 1. The summed E-state index contributed by atoms with van der Waals surface area (Å²) >= 11 is 1.65. The Labute approximate surface area is 162 Å². The van der Waals surface area contributed by atoms with Gasteiger partial charge in [-0.2, -0.15) is 0 Å². The van der Waals surface area contributed by atoms with E-state index >= 15 is 0 Å². The third-order valence-corrected chi connectivity index (χ3v) is 5.66. The van der Waals surface area contributed by atoms with E-state index in [-0.39, 0.29) is 5.91 Å². The van der Waals surface area contributed by atoms with Crippen LogP contribution in [0, 0.1) is 6.92 Å². The van der Waals surface area contributed by atoms with E-state index in [1.54, 1.807) is 17.5 Å². The molecule has 8 heteroatoms. The van der Waals surface area contributed by atoms with E-state index in [1.807, 2.05) is 31.3 Å². The zero-order valence-corrected chi connectivity index (χ0v) is 16.3. The molecule has 1 aliphatic rings. The Bertz CT molecular complexity index is 964. The second-order valence-electron chi connectivity index (χ2n) is 6.84. The number of amides is 1. The number of fused-ring (bicyclic) bond motifs is 1. The predicted molar refractivity (Wildman–Crippen MR) is 108 cm³/mol. The molecular weight excluding hydrogens is 360 g/mol. The second-order valence-corrected chi connectivity index (χ2v) is 8.07. The maximum absolute atomic E-state index is 12.3. The van der Waals surface area contributed by atoms with Crippen LogP contribution in [0.1, 0.15) is 5.01 Å². The number of carbonyl (C=O) groups is 1. The van der Waals surface area contributed by atoms with Gasteiger partial charge in [0.1, 0.15) is 0 Å². The summed E-state index contributed by atoms with van der Waals surface area (Å²) in [7, 11) is 2.10. The minimum atomic E-state index is -0.0758. The predicted octanol–water partition coefficient (Wildman–Crippen LogP) is 2.25. The molecule has 27 heavy (non-hydrogen) atoms. The van der Waals surface area contributed by atoms with Crippen molar-refractivity contribution in [3.05, 3.63) is 35.6 Å². The molecule has 3 heterocycles. The highest BCUT2D eigenvalue weighted by Crippen LogP contribution is 2.28. The molecule has 1 N–H and O–H groups in total. The van der Waals surface area contributed by atoms with Gasteiger partial charge in [-0.05, 0) is 25.6 Å². The highest BCUT2D eigenvalue weighted by atomic mass is 32.1. The zero-order valence-electron chi connectivity index (χ0n) is 15.5. The van der Waals surface area contributed by atoms with E-state index in [0.29, 0.717) is 12.5 Å². The number of carbonyl (C=O) groups excluding carboxylic acids is 1. The van der Waals surface area contributed by atoms with Gasteiger partial charge in [0.05, 0.1) is 21.9 Å². The minimum absolute atomic E-state index is 0.0758. The smallest absolute Gasteiger partial charge is 0.240 e. The van der Waals surface area contributed by atoms with Crippen molar-refractivity contribution in [1.29, 1.82) is 0 Å². The number of rotatable bonds is 4. The van der Waals surface area contributed by atoms with Crippen molar-refractivity contribution in [2.75, 3.05) is 45.1 Å². The number of nitrogens with one attached hydrogen (secondary N) is 1. The van der Waals surface area contributed by atoms with Gasteiger partial charge in [-0.15, -0.1) is 11.3 Å². The van der Waals surface area contributed by atoms with E-state index in [4.69, 9.17) is 0 Å². The largest absolute Gasteiger partial charge is 0.304 e. The van der Waals surface area contributed by atoms with Crippen LogP contribution >= 0.6 is 11.3 Å². The average Bonchev–Trinajstić information content (AvgIpc) is 3.09. The van der Waals surface area contributed by atoms with Gasteiger partial charge in [0, 0.05) is 44.0 Å². The lowest BCUT2D eigenvalue weighted by atomic mass is 10.1. The fourth-order valence-corrected chi connectivity index (χ4v) is 3.88. The Morgan fingerprint density at radius 2 is 2.00 bits per heavy atom. The van der Waals surface area contributed by atoms with Crippen LogP contribution in [-0.2, 0) is 4.79 Å². The fourth-order valence-electron chi connectivity index (χ4n) is 3.10. The minimum Gasteiger partial charge on any atom is -0.304 e. The molecule has 0 saturated carbocycles. The van der Waals surface area contributed by atoms with Crippen molar-refractivity contribution in [3.8, 4) is 10.4 Å². The summed E-state index contributed by atoms with van der Waals surface area (Å²) < 4.78 is 0. The highest BCUT2D eigenvalue weighted by molar-refractivity contribution is 7.15. The molecule has 1 fully saturated rings. The summed E-state index contributed by atoms with van der Waals surface area (Å²) in [6.45, 7) is 6.14. The quantitative estimate of drug-likeness (QED) is 0.746. The van der Waals surface area contributed by atoms with Crippen LogP contribution in [0.25, 0.3) is 21.3 Å². The van der Waals surface area contributed by atoms with Gasteiger partial charge in [-0.25, -0.2) is 15.0 Å². The molecule has 1 aromatic carbocycles. The topological polar surface area (TPSA) is 74.2 Å². The molecule has 3 aromatic rings. The highest BCUT2D eigenvalue weighted by Gasteiger charge is 2.17. The molecular formula is C19H22N6OS. The number of hydrogen-bond donors (Lipinski definition) is 1. The fraction of sp³-hybridized carbons (Fsp3) is 0.368. The molecule has 1 amide bonds. The van der Waals surface area contributed by atoms with Gasteiger partial charge in [0.15, 0.2) is 0 Å². The number of aromatic nitrogens is 3. The maximum atomic E-state index is 12.3. The summed E-state index contributed by atoms with van der Waals surface area (Å²) in [5.74, 6) is 0.271. The Morgan fingerprint density at radius 3 is 2.74 bits per heavy atom. The van der Waals surface area contributed by atoms with Crippen molar-refractivity contribution in [1.82, 2.24) is 24.8 Å². The SMILES string of the molecule is Cc1ncc(-c2ccc3cnc(NC(=O)CN4CCN(C)CC4)nc3c2)s1. The van der Waals surface area contributed by atoms with E-state index in [2.05, 4.69) is 37.1 Å². The van der Waals surface area contributed by atoms with Crippen LogP contribution in [0.5, 0.6) is 0 Å². The first kappa shape index (κ1) is 18.0.